The van der Waals surface area contributed by atoms with E-state index in [1.54, 1.807) is 11.2 Å². The fraction of sp³-hybridized carbons (Fsp3) is 0.571. The number of aromatic nitrogens is 2. The molecular formula is C28H37F4N7. The van der Waals surface area contributed by atoms with Gasteiger partial charge in [0.25, 0.3) is 0 Å². The van der Waals surface area contributed by atoms with Crippen LogP contribution in [0.15, 0.2) is 40.8 Å². The van der Waals surface area contributed by atoms with Crippen LogP contribution >= 0.6 is 0 Å². The van der Waals surface area contributed by atoms with Crippen molar-refractivity contribution < 1.29 is 17.6 Å². The average molecular weight is 548 g/mol. The number of nitrogens with zero attached hydrogens (tertiary/aromatic N) is 6. The van der Waals surface area contributed by atoms with Crippen molar-refractivity contribution in [2.24, 2.45) is 16.8 Å². The maximum Gasteiger partial charge on any atom is 0.419 e. The Bertz CT molecular complexity index is 1220. The average Bonchev–Trinajstić information content (AvgIpc) is 3.63. The third-order valence-electron chi connectivity index (χ3n) is 7.88. The molecular weight excluding hydrogens is 510 g/mol. The van der Waals surface area contributed by atoms with Crippen LogP contribution in [0, 0.1) is 11.7 Å². The highest BCUT2D eigenvalue weighted by atomic mass is 19.4. The number of rotatable bonds is 9. The number of hydrogen-bond donors (Lipinski definition) is 1. The molecule has 0 unspecified atom stereocenters. The topological polar surface area (TPSA) is 65.9 Å². The van der Waals surface area contributed by atoms with E-state index in [4.69, 9.17) is 10.8 Å². The van der Waals surface area contributed by atoms with Gasteiger partial charge in [-0.15, -0.1) is 0 Å². The van der Waals surface area contributed by atoms with E-state index in [2.05, 4.69) is 19.4 Å². The second-order valence-corrected chi connectivity index (χ2v) is 11.2. The molecule has 1 aromatic carbocycles. The third kappa shape index (κ3) is 6.46. The van der Waals surface area contributed by atoms with Gasteiger partial charge in [0.15, 0.2) is 0 Å². The Hall–Kier alpha value is -2.92. The molecule has 2 fully saturated rings. The van der Waals surface area contributed by atoms with E-state index in [1.807, 2.05) is 20.3 Å². The first kappa shape index (κ1) is 27.6. The van der Waals surface area contributed by atoms with E-state index in [1.165, 1.54) is 30.9 Å². The van der Waals surface area contributed by atoms with Gasteiger partial charge >= 0.3 is 6.18 Å². The summed E-state index contributed by atoms with van der Waals surface area (Å²) in [6, 6.07) is 3.10. The Morgan fingerprint density at radius 2 is 1.85 bits per heavy atom. The van der Waals surface area contributed by atoms with Crippen molar-refractivity contribution in [2.45, 2.75) is 57.2 Å². The second-order valence-electron chi connectivity index (χ2n) is 11.2. The number of imidazole rings is 1. The number of halogens is 4. The third-order valence-corrected chi connectivity index (χ3v) is 7.88. The first-order chi connectivity index (χ1) is 18.6. The molecule has 1 saturated carbocycles. The minimum Gasteiger partial charge on any atom is -0.357 e. The van der Waals surface area contributed by atoms with E-state index >= 15 is 0 Å². The van der Waals surface area contributed by atoms with Crippen molar-refractivity contribution in [3.8, 4) is 11.3 Å². The standard InChI is InChI=1S/C28H37F4N7/c1-36(2)13-14-38-17-25(21-7-8-24(29)23(15-21)28(30,31)32)35-26(38)20-9-11-37(12-10-20)27-22(6-5-19-3-4-19)16-34-18-39(27)33/h7-8,15-17,19-20H,3-6,9-14,18,33H2,1-2H3. The van der Waals surface area contributed by atoms with Crippen molar-refractivity contribution >= 4 is 6.21 Å². The summed E-state index contributed by atoms with van der Waals surface area (Å²) in [5, 5.41) is 1.74. The lowest BCUT2D eigenvalue weighted by Crippen LogP contribution is -2.45. The van der Waals surface area contributed by atoms with Crippen molar-refractivity contribution in [1.82, 2.24) is 24.4 Å². The molecule has 0 amide bonds. The smallest absolute Gasteiger partial charge is 0.357 e. The summed E-state index contributed by atoms with van der Waals surface area (Å²) in [6.07, 6.45) is 5.48. The molecule has 2 N–H and O–H groups in total. The predicted molar refractivity (Wildman–Crippen MR) is 143 cm³/mol. The number of hydrazine groups is 1. The zero-order valence-corrected chi connectivity index (χ0v) is 22.6. The monoisotopic (exact) mass is 547 g/mol. The largest absolute Gasteiger partial charge is 0.419 e. The van der Waals surface area contributed by atoms with Gasteiger partial charge in [0.2, 0.25) is 0 Å². The SMILES string of the molecule is CN(C)CCn1cc(-c2ccc(F)c(C(F)(F)F)c2)nc1C1CCN(C2=C(CCC3CC3)C=NCN2N)CC1. The number of likely N-dealkylation sites (N-methyl/N-ethyl adjacent to an activating group) is 1. The van der Waals surface area contributed by atoms with Gasteiger partial charge in [-0.25, -0.2) is 15.2 Å². The van der Waals surface area contributed by atoms with Gasteiger partial charge in [-0.1, -0.05) is 12.8 Å². The van der Waals surface area contributed by atoms with E-state index in [9.17, 15) is 17.6 Å². The Balaban J connectivity index is 1.37. The summed E-state index contributed by atoms with van der Waals surface area (Å²) in [7, 11) is 3.96. The first-order valence-electron chi connectivity index (χ1n) is 13.7. The summed E-state index contributed by atoms with van der Waals surface area (Å²) >= 11 is 0. The van der Waals surface area contributed by atoms with Crippen LogP contribution in [0.4, 0.5) is 17.6 Å². The first-order valence-corrected chi connectivity index (χ1v) is 13.7. The minimum atomic E-state index is -4.77. The Labute approximate surface area is 227 Å². The van der Waals surface area contributed by atoms with Gasteiger partial charge < -0.3 is 14.4 Å². The van der Waals surface area contributed by atoms with Gasteiger partial charge in [-0.3, -0.25) is 10.0 Å². The molecule has 3 aliphatic rings. The number of hydrogen-bond acceptors (Lipinski definition) is 6. The molecule has 1 aromatic heterocycles. The zero-order chi connectivity index (χ0) is 27.7. The molecule has 5 rings (SSSR count). The van der Waals surface area contributed by atoms with E-state index in [-0.39, 0.29) is 11.5 Å². The molecule has 2 aliphatic heterocycles. The highest BCUT2D eigenvalue weighted by molar-refractivity contribution is 5.80. The van der Waals surface area contributed by atoms with Crippen LogP contribution in [0.5, 0.6) is 0 Å². The number of nitrogens with two attached hydrogens (primary N) is 1. The number of likely N-dealkylation sites (tertiary alicyclic amines) is 1. The van der Waals surface area contributed by atoms with Gasteiger partial charge in [0, 0.05) is 55.6 Å². The van der Waals surface area contributed by atoms with Crippen molar-refractivity contribution in [1.29, 1.82) is 0 Å². The normalized spacial score (nSPS) is 19.1. The molecule has 0 bridgehead atoms. The van der Waals surface area contributed by atoms with Crippen molar-refractivity contribution in [3.63, 3.8) is 0 Å². The number of piperidine rings is 1. The highest BCUT2D eigenvalue weighted by Gasteiger charge is 2.35. The van der Waals surface area contributed by atoms with Gasteiger partial charge in [0.1, 0.15) is 24.1 Å². The summed E-state index contributed by atoms with van der Waals surface area (Å²) in [6.45, 7) is 3.47. The molecule has 2 aromatic rings. The van der Waals surface area contributed by atoms with Crippen LogP contribution in [-0.4, -0.2) is 71.0 Å². The number of aliphatic imine (C=N–C) groups is 1. The predicted octanol–water partition coefficient (Wildman–Crippen LogP) is 5.07. The van der Waals surface area contributed by atoms with Gasteiger partial charge in [-0.2, -0.15) is 13.2 Å². The molecule has 3 heterocycles. The maximum atomic E-state index is 13.9. The lowest BCUT2D eigenvalue weighted by atomic mass is 9.95. The molecule has 0 radical (unpaired) electrons. The maximum absolute atomic E-state index is 13.9. The van der Waals surface area contributed by atoms with E-state index in [0.29, 0.717) is 18.9 Å². The number of allylic oxidation sites excluding steroid dienone is 1. The van der Waals surface area contributed by atoms with Crippen molar-refractivity contribution in [3.05, 3.63) is 53.0 Å². The molecule has 39 heavy (non-hydrogen) atoms. The fourth-order valence-electron chi connectivity index (χ4n) is 5.51. The van der Waals surface area contributed by atoms with Crippen LogP contribution in [0.25, 0.3) is 11.3 Å². The zero-order valence-electron chi connectivity index (χ0n) is 22.6. The van der Waals surface area contributed by atoms with Gasteiger partial charge in [0.05, 0.1) is 11.3 Å². The van der Waals surface area contributed by atoms with E-state index in [0.717, 1.165) is 68.6 Å². The Morgan fingerprint density at radius 1 is 1.10 bits per heavy atom. The number of benzene rings is 1. The van der Waals surface area contributed by atoms with Crippen LogP contribution in [0.1, 0.15) is 55.8 Å². The summed E-state index contributed by atoms with van der Waals surface area (Å²) in [4.78, 5) is 13.7. The Kier molecular flexibility index (Phi) is 8.00. The van der Waals surface area contributed by atoms with Crippen LogP contribution < -0.4 is 5.84 Å². The van der Waals surface area contributed by atoms with Crippen molar-refractivity contribution in [2.75, 3.05) is 40.4 Å². The molecule has 11 heteroatoms. The molecule has 0 spiro atoms. The highest BCUT2D eigenvalue weighted by Crippen LogP contribution is 2.38. The molecule has 1 aliphatic carbocycles. The van der Waals surface area contributed by atoms with E-state index < -0.39 is 17.6 Å². The lowest BCUT2D eigenvalue weighted by Gasteiger charge is -2.40. The molecule has 7 nitrogen and oxygen atoms in total. The lowest BCUT2D eigenvalue weighted by molar-refractivity contribution is -0.139. The fourth-order valence-corrected chi connectivity index (χ4v) is 5.51. The molecule has 0 atom stereocenters. The summed E-state index contributed by atoms with van der Waals surface area (Å²) in [5.74, 6) is 8.00. The van der Waals surface area contributed by atoms with Crippen LogP contribution in [-0.2, 0) is 12.7 Å². The van der Waals surface area contributed by atoms with Crippen LogP contribution in [0.2, 0.25) is 0 Å². The second kappa shape index (κ2) is 11.3. The van der Waals surface area contributed by atoms with Gasteiger partial charge in [-0.05, 0) is 63.9 Å². The summed E-state index contributed by atoms with van der Waals surface area (Å²) in [5.41, 5.74) is 0.613. The molecule has 1 saturated heterocycles. The minimum absolute atomic E-state index is 0.152. The quantitative estimate of drug-likeness (QED) is 0.351. The molecule has 212 valence electrons. The Morgan fingerprint density at radius 3 is 2.51 bits per heavy atom. The number of alkyl halides is 3. The van der Waals surface area contributed by atoms with Crippen LogP contribution in [0.3, 0.4) is 0 Å². The summed E-state index contributed by atoms with van der Waals surface area (Å²) < 4.78 is 56.1.